The van der Waals surface area contributed by atoms with E-state index in [1.807, 2.05) is 0 Å². The Bertz CT molecular complexity index is 782. The molecule has 1 heterocycles. The zero-order valence-corrected chi connectivity index (χ0v) is 31.8. The van der Waals surface area contributed by atoms with Crippen molar-refractivity contribution < 1.29 is 30.0 Å². The minimum absolute atomic E-state index is 0.209. The van der Waals surface area contributed by atoms with Crippen LogP contribution in [0.1, 0.15) is 232 Å². The summed E-state index contributed by atoms with van der Waals surface area (Å²) in [5.74, 6) is -2.57. The summed E-state index contributed by atoms with van der Waals surface area (Å²) in [6, 6.07) is 0. The Morgan fingerprint density at radius 1 is 0.521 bits per heavy atom. The molecule has 0 saturated carbocycles. The van der Waals surface area contributed by atoms with Gasteiger partial charge in [-0.3, -0.25) is 0 Å². The van der Waals surface area contributed by atoms with Crippen molar-refractivity contribution in [2.45, 2.75) is 250 Å². The second-order valence-electron chi connectivity index (χ2n) is 15.2. The van der Waals surface area contributed by atoms with Gasteiger partial charge in [-0.1, -0.05) is 219 Å². The van der Waals surface area contributed by atoms with E-state index in [1.54, 1.807) is 0 Å². The highest BCUT2D eigenvalue weighted by Crippen LogP contribution is 2.36. The number of hydrogen-bond donors (Lipinski definition) is 4. The maximum Gasteiger partial charge on any atom is 0.378 e. The van der Waals surface area contributed by atoms with Crippen LogP contribution in [0.3, 0.4) is 0 Å². The van der Waals surface area contributed by atoms with Crippen LogP contribution in [0.5, 0.6) is 0 Å². The van der Waals surface area contributed by atoms with E-state index >= 15 is 0 Å². The number of carbonyl (C=O) groups is 1. The van der Waals surface area contributed by atoms with Crippen LogP contribution in [0.15, 0.2) is 11.5 Å². The van der Waals surface area contributed by atoms with Crippen molar-refractivity contribution in [3.8, 4) is 0 Å². The molecule has 0 fully saturated rings. The molecule has 1 unspecified atom stereocenters. The fourth-order valence-corrected chi connectivity index (χ4v) is 7.35. The molecular weight excluding hydrogens is 600 g/mol. The van der Waals surface area contributed by atoms with Gasteiger partial charge in [-0.2, -0.15) is 0 Å². The number of esters is 1. The molecule has 0 amide bonds. The first-order valence-electron chi connectivity index (χ1n) is 21.1. The minimum atomic E-state index is -1.81. The summed E-state index contributed by atoms with van der Waals surface area (Å²) in [5, 5.41) is 43.0. The van der Waals surface area contributed by atoms with Gasteiger partial charge in [0.25, 0.3) is 0 Å². The van der Waals surface area contributed by atoms with Crippen LogP contribution in [-0.2, 0) is 9.53 Å². The summed E-state index contributed by atoms with van der Waals surface area (Å²) in [7, 11) is 0. The fraction of sp³-hybridized carbons (Fsp3) is 0.929. The topological polar surface area (TPSA) is 107 Å². The van der Waals surface area contributed by atoms with Crippen molar-refractivity contribution in [1.29, 1.82) is 0 Å². The van der Waals surface area contributed by atoms with Crippen molar-refractivity contribution in [1.82, 2.24) is 0 Å². The third-order valence-electron chi connectivity index (χ3n) is 10.7. The lowest BCUT2D eigenvalue weighted by Crippen LogP contribution is -2.53. The van der Waals surface area contributed by atoms with Gasteiger partial charge in [0.15, 0.2) is 11.9 Å². The van der Waals surface area contributed by atoms with E-state index in [0.29, 0.717) is 12.8 Å². The molecule has 6 heteroatoms. The normalized spacial score (nSPS) is 16.8. The summed E-state index contributed by atoms with van der Waals surface area (Å²) < 4.78 is 5.16. The standard InChI is InChI=1S/C42H80O6/c1-3-5-7-9-11-13-15-17-19-21-23-25-27-29-31-33-35-37(43)42(47,40-38(44)39(45)41(46)48-40)36-34-32-30-28-26-24-22-20-18-16-14-12-10-8-6-4-2/h37,40,43-45,47H,3-36H2,1-2H3/t37?,40-,42-/m0/s1. The maximum absolute atomic E-state index is 11.9. The van der Waals surface area contributed by atoms with Gasteiger partial charge >= 0.3 is 5.97 Å². The fourth-order valence-electron chi connectivity index (χ4n) is 7.35. The lowest BCUT2D eigenvalue weighted by Gasteiger charge is -2.37. The predicted octanol–water partition coefficient (Wildman–Crippen LogP) is 12.6. The van der Waals surface area contributed by atoms with E-state index in [9.17, 15) is 25.2 Å². The Labute approximate surface area is 296 Å². The van der Waals surface area contributed by atoms with Crippen molar-refractivity contribution in [2.75, 3.05) is 0 Å². The Kier molecular flexibility index (Phi) is 28.5. The number of unbranched alkanes of at least 4 members (excludes halogenated alkanes) is 30. The molecule has 4 N–H and O–H groups in total. The molecule has 0 spiro atoms. The number of aliphatic hydroxyl groups is 4. The van der Waals surface area contributed by atoms with Gasteiger partial charge in [0, 0.05) is 0 Å². The SMILES string of the molecule is CCCCCCCCCCCCCCCCCCC(O)[C@@](O)(CCCCCCCCCCCCCCCCCC)[C@H]1OC(=O)C(O)=C1O. The molecule has 0 aliphatic carbocycles. The average molecular weight is 681 g/mol. The van der Waals surface area contributed by atoms with E-state index in [2.05, 4.69) is 13.8 Å². The molecule has 0 aromatic heterocycles. The summed E-state index contributed by atoms with van der Waals surface area (Å²) in [6.45, 7) is 4.53. The van der Waals surface area contributed by atoms with Crippen LogP contribution in [0.4, 0.5) is 0 Å². The first kappa shape index (κ1) is 44.8. The van der Waals surface area contributed by atoms with Crippen LogP contribution >= 0.6 is 0 Å². The predicted molar refractivity (Wildman–Crippen MR) is 201 cm³/mol. The highest BCUT2D eigenvalue weighted by atomic mass is 16.6. The molecule has 0 aromatic carbocycles. The first-order chi connectivity index (χ1) is 23.4. The zero-order valence-electron chi connectivity index (χ0n) is 31.8. The Morgan fingerprint density at radius 2 is 0.812 bits per heavy atom. The Morgan fingerprint density at radius 3 is 1.10 bits per heavy atom. The van der Waals surface area contributed by atoms with Crippen LogP contribution in [0, 0.1) is 0 Å². The second-order valence-corrected chi connectivity index (χ2v) is 15.2. The molecular formula is C42H80O6. The summed E-state index contributed by atoms with van der Waals surface area (Å²) in [6.07, 6.45) is 38.2. The van der Waals surface area contributed by atoms with E-state index in [0.717, 1.165) is 38.5 Å². The molecule has 0 radical (unpaired) electrons. The van der Waals surface area contributed by atoms with Gasteiger partial charge in [-0.15, -0.1) is 0 Å². The molecule has 0 aromatic rings. The van der Waals surface area contributed by atoms with Crippen LogP contribution in [0.25, 0.3) is 0 Å². The van der Waals surface area contributed by atoms with E-state index in [-0.39, 0.29) is 6.42 Å². The minimum Gasteiger partial charge on any atom is -0.505 e. The molecule has 0 saturated heterocycles. The molecule has 0 bridgehead atoms. The van der Waals surface area contributed by atoms with E-state index in [4.69, 9.17) is 4.74 Å². The van der Waals surface area contributed by atoms with E-state index in [1.165, 1.54) is 161 Å². The summed E-state index contributed by atoms with van der Waals surface area (Å²) in [4.78, 5) is 11.9. The highest BCUT2D eigenvalue weighted by Gasteiger charge is 2.52. The number of cyclic esters (lactones) is 1. The molecule has 48 heavy (non-hydrogen) atoms. The number of rotatable bonds is 36. The van der Waals surface area contributed by atoms with Crippen molar-refractivity contribution >= 4 is 5.97 Å². The number of aliphatic hydroxyl groups excluding tert-OH is 3. The number of ether oxygens (including phenoxy) is 1. The smallest absolute Gasteiger partial charge is 0.378 e. The lowest BCUT2D eigenvalue weighted by atomic mass is 9.81. The van der Waals surface area contributed by atoms with Crippen LogP contribution in [-0.4, -0.2) is 44.2 Å². The molecule has 284 valence electrons. The third-order valence-corrected chi connectivity index (χ3v) is 10.7. The van der Waals surface area contributed by atoms with Gasteiger partial charge in [0.05, 0.1) is 6.10 Å². The van der Waals surface area contributed by atoms with Gasteiger partial charge < -0.3 is 25.2 Å². The largest absolute Gasteiger partial charge is 0.505 e. The lowest BCUT2D eigenvalue weighted by molar-refractivity contribution is -0.175. The molecule has 1 aliphatic rings. The van der Waals surface area contributed by atoms with Crippen molar-refractivity contribution in [3.05, 3.63) is 11.5 Å². The highest BCUT2D eigenvalue weighted by molar-refractivity contribution is 5.89. The van der Waals surface area contributed by atoms with Crippen molar-refractivity contribution in [2.24, 2.45) is 0 Å². The Balaban J connectivity index is 2.19. The molecule has 1 rings (SSSR count). The van der Waals surface area contributed by atoms with Crippen LogP contribution < -0.4 is 0 Å². The molecule has 1 aliphatic heterocycles. The second kappa shape index (κ2) is 30.5. The quantitative estimate of drug-likeness (QED) is 0.0387. The summed E-state index contributed by atoms with van der Waals surface area (Å²) >= 11 is 0. The first-order valence-corrected chi connectivity index (χ1v) is 21.1. The number of hydrogen-bond acceptors (Lipinski definition) is 6. The molecule has 6 nitrogen and oxygen atoms in total. The Hall–Kier alpha value is -1.27. The number of carbonyl (C=O) groups excluding carboxylic acids is 1. The van der Waals surface area contributed by atoms with Gasteiger partial charge in [-0.25, -0.2) is 4.79 Å². The van der Waals surface area contributed by atoms with Gasteiger partial charge in [0.1, 0.15) is 5.60 Å². The van der Waals surface area contributed by atoms with Gasteiger partial charge in [0.2, 0.25) is 5.76 Å². The third kappa shape index (κ3) is 21.1. The van der Waals surface area contributed by atoms with Crippen LogP contribution in [0.2, 0.25) is 0 Å². The van der Waals surface area contributed by atoms with E-state index < -0.39 is 35.3 Å². The van der Waals surface area contributed by atoms with Crippen molar-refractivity contribution in [3.63, 3.8) is 0 Å². The van der Waals surface area contributed by atoms with Gasteiger partial charge in [-0.05, 0) is 12.8 Å². The monoisotopic (exact) mass is 681 g/mol. The average Bonchev–Trinajstić information content (AvgIpc) is 3.35. The summed E-state index contributed by atoms with van der Waals surface area (Å²) in [5.41, 5.74) is -1.81. The zero-order chi connectivity index (χ0) is 35.1. The maximum atomic E-state index is 11.9. The molecule has 3 atom stereocenters.